The van der Waals surface area contributed by atoms with Crippen molar-refractivity contribution in [1.29, 1.82) is 0 Å². The number of rotatable bonds is 7. The predicted molar refractivity (Wildman–Crippen MR) is 127 cm³/mol. The Morgan fingerprint density at radius 2 is 1.53 bits per heavy atom. The average molecular weight is 441 g/mol. The van der Waals surface area contributed by atoms with Gasteiger partial charge in [0.25, 0.3) is 0 Å². The van der Waals surface area contributed by atoms with Crippen LogP contribution in [-0.2, 0) is 25.5 Å². The van der Waals surface area contributed by atoms with Crippen LogP contribution in [0.25, 0.3) is 10.8 Å². The van der Waals surface area contributed by atoms with Gasteiger partial charge in [0.1, 0.15) is 11.6 Å². The number of carbonyl (C=O) groups is 3. The van der Waals surface area contributed by atoms with Crippen LogP contribution >= 0.6 is 0 Å². The molecule has 0 radical (unpaired) electrons. The van der Waals surface area contributed by atoms with E-state index in [1.165, 1.54) is 0 Å². The molecule has 2 N–H and O–H groups in total. The Hall–Kier alpha value is -2.89. The van der Waals surface area contributed by atoms with Crippen LogP contribution in [0.4, 0.5) is 0 Å². The van der Waals surface area contributed by atoms with Crippen LogP contribution < -0.4 is 10.6 Å². The molecule has 0 bridgehead atoms. The minimum Gasteiger partial charge on any atom is -0.460 e. The van der Waals surface area contributed by atoms with Gasteiger partial charge in [0.15, 0.2) is 0 Å². The zero-order valence-corrected chi connectivity index (χ0v) is 20.2. The molecule has 2 aromatic rings. The first-order valence-electron chi connectivity index (χ1n) is 11.0. The minimum atomic E-state index is -0.724. The second-order valence-electron chi connectivity index (χ2n) is 10.3. The van der Waals surface area contributed by atoms with Crippen molar-refractivity contribution in [2.45, 2.75) is 66.0 Å². The zero-order valence-electron chi connectivity index (χ0n) is 20.2. The van der Waals surface area contributed by atoms with Crippen LogP contribution in [-0.4, -0.2) is 36.5 Å². The number of nitrogens with one attached hydrogen (secondary N) is 2. The van der Waals surface area contributed by atoms with Crippen LogP contribution in [0, 0.1) is 11.3 Å². The molecule has 0 aliphatic rings. The van der Waals surface area contributed by atoms with Gasteiger partial charge in [-0.1, -0.05) is 63.2 Å². The molecule has 0 aromatic heterocycles. The third-order valence-electron chi connectivity index (χ3n) is 5.16. The van der Waals surface area contributed by atoms with Crippen molar-refractivity contribution in [1.82, 2.24) is 10.6 Å². The molecule has 0 saturated carbocycles. The van der Waals surface area contributed by atoms with Gasteiger partial charge in [-0.2, -0.15) is 0 Å². The van der Waals surface area contributed by atoms with E-state index in [0.717, 1.165) is 16.3 Å². The highest BCUT2D eigenvalue weighted by atomic mass is 16.6. The molecule has 6 nitrogen and oxygen atoms in total. The zero-order chi connectivity index (χ0) is 24.1. The fraction of sp³-hybridized carbons (Fsp3) is 0.500. The Morgan fingerprint density at radius 3 is 2.09 bits per heavy atom. The Labute approximate surface area is 191 Å². The Kier molecular flexibility index (Phi) is 8.05. The van der Waals surface area contributed by atoms with Gasteiger partial charge in [-0.05, 0) is 48.9 Å². The summed E-state index contributed by atoms with van der Waals surface area (Å²) in [5.41, 5.74) is -0.189. The summed E-state index contributed by atoms with van der Waals surface area (Å²) in [5.74, 6) is -1.72. The molecule has 0 heterocycles. The van der Waals surface area contributed by atoms with Gasteiger partial charge in [-0.25, -0.2) is 0 Å². The van der Waals surface area contributed by atoms with Crippen LogP contribution in [0.5, 0.6) is 0 Å². The maximum atomic E-state index is 13.3. The molecule has 0 aliphatic carbocycles. The lowest BCUT2D eigenvalue weighted by molar-refractivity contribution is -0.157. The van der Waals surface area contributed by atoms with Crippen molar-refractivity contribution in [3.63, 3.8) is 0 Å². The van der Waals surface area contributed by atoms with E-state index < -0.39 is 28.9 Å². The number of esters is 1. The number of carbonyl (C=O) groups excluding carboxylic acids is 3. The molecule has 32 heavy (non-hydrogen) atoms. The highest BCUT2D eigenvalue weighted by Gasteiger charge is 2.35. The van der Waals surface area contributed by atoms with Crippen molar-refractivity contribution in [3.8, 4) is 0 Å². The summed E-state index contributed by atoms with van der Waals surface area (Å²) < 4.78 is 5.47. The number of benzene rings is 2. The highest BCUT2D eigenvalue weighted by molar-refractivity contribution is 5.91. The molecule has 2 aromatic carbocycles. The predicted octanol–water partition coefficient (Wildman–Crippen LogP) is 4.01. The third-order valence-corrected chi connectivity index (χ3v) is 5.16. The molecule has 2 rings (SSSR count). The maximum Gasteiger partial charge on any atom is 0.307 e. The standard InChI is InChI=1S/C26H36N2O4/c1-25(2,3)22(24(31)27-7)28-23(30)20(16-21(29)32-26(4,5)6)15-17-12-13-18-10-8-9-11-19(18)14-17/h8-14,20,22H,15-16H2,1-7H3,(H,27,31)(H,28,30). The SMILES string of the molecule is CNC(=O)C(NC(=O)C(CC(=O)OC(C)(C)C)Cc1ccc2ccccc2c1)C(C)(C)C. The monoisotopic (exact) mass is 440 g/mol. The quantitative estimate of drug-likeness (QED) is 0.637. The number of hydrogen-bond donors (Lipinski definition) is 2. The lowest BCUT2D eigenvalue weighted by Crippen LogP contribution is -2.54. The summed E-state index contributed by atoms with van der Waals surface area (Å²) in [6.45, 7) is 11.1. The summed E-state index contributed by atoms with van der Waals surface area (Å²) in [4.78, 5) is 38.3. The van der Waals surface area contributed by atoms with Crippen LogP contribution in [0.3, 0.4) is 0 Å². The molecule has 0 aliphatic heterocycles. The third kappa shape index (κ3) is 7.36. The molecule has 174 valence electrons. The van der Waals surface area contributed by atoms with Crippen molar-refractivity contribution >= 4 is 28.6 Å². The number of ether oxygens (including phenoxy) is 1. The van der Waals surface area contributed by atoms with E-state index in [1.54, 1.807) is 27.8 Å². The van der Waals surface area contributed by atoms with Gasteiger partial charge < -0.3 is 15.4 Å². The Morgan fingerprint density at radius 1 is 0.906 bits per heavy atom. The molecular formula is C26H36N2O4. The summed E-state index contributed by atoms with van der Waals surface area (Å²) in [6, 6.07) is 13.3. The lowest BCUT2D eigenvalue weighted by Gasteiger charge is -2.31. The average Bonchev–Trinajstić information content (AvgIpc) is 2.68. The number of amides is 2. The maximum absolute atomic E-state index is 13.3. The summed E-state index contributed by atoms with van der Waals surface area (Å²) in [6.07, 6.45) is 0.293. The second kappa shape index (κ2) is 10.2. The first-order valence-corrected chi connectivity index (χ1v) is 11.0. The smallest absolute Gasteiger partial charge is 0.307 e. The summed E-state index contributed by atoms with van der Waals surface area (Å²) in [5, 5.41) is 7.66. The highest BCUT2D eigenvalue weighted by Crippen LogP contribution is 2.23. The molecule has 0 saturated heterocycles. The summed E-state index contributed by atoms with van der Waals surface area (Å²) >= 11 is 0. The van der Waals surface area contributed by atoms with Gasteiger partial charge >= 0.3 is 5.97 Å². The van der Waals surface area contributed by atoms with Gasteiger partial charge in [-0.3, -0.25) is 14.4 Å². The van der Waals surface area contributed by atoms with Gasteiger partial charge in [0.2, 0.25) is 11.8 Å². The molecule has 6 heteroatoms. The normalized spacial score (nSPS) is 13.8. The van der Waals surface area contributed by atoms with Crippen molar-refractivity contribution in [2.75, 3.05) is 7.05 Å². The van der Waals surface area contributed by atoms with Crippen LogP contribution in [0.15, 0.2) is 42.5 Å². The van der Waals surface area contributed by atoms with Gasteiger partial charge in [-0.15, -0.1) is 0 Å². The fourth-order valence-corrected chi connectivity index (χ4v) is 3.57. The summed E-state index contributed by atoms with van der Waals surface area (Å²) in [7, 11) is 1.54. The van der Waals surface area contributed by atoms with Crippen molar-refractivity contribution in [2.24, 2.45) is 11.3 Å². The Balaban J connectivity index is 2.30. The topological polar surface area (TPSA) is 84.5 Å². The van der Waals surface area contributed by atoms with Crippen LogP contribution in [0.1, 0.15) is 53.5 Å². The molecule has 0 fully saturated rings. The van der Waals surface area contributed by atoms with Crippen molar-refractivity contribution in [3.05, 3.63) is 48.0 Å². The number of hydrogen-bond acceptors (Lipinski definition) is 4. The molecule has 2 amide bonds. The van der Waals surface area contributed by atoms with Gasteiger partial charge in [0, 0.05) is 7.05 Å². The van der Waals surface area contributed by atoms with E-state index in [2.05, 4.69) is 10.6 Å². The molecule has 2 unspecified atom stereocenters. The second-order valence-corrected chi connectivity index (χ2v) is 10.3. The first-order chi connectivity index (χ1) is 14.8. The van der Waals surface area contributed by atoms with Crippen LogP contribution in [0.2, 0.25) is 0 Å². The first kappa shape index (κ1) is 25.4. The van der Waals surface area contributed by atoms with E-state index in [-0.39, 0.29) is 18.2 Å². The molecule has 0 spiro atoms. The fourth-order valence-electron chi connectivity index (χ4n) is 3.57. The van der Waals surface area contributed by atoms with E-state index in [1.807, 2.05) is 63.2 Å². The van der Waals surface area contributed by atoms with E-state index in [0.29, 0.717) is 6.42 Å². The number of likely N-dealkylation sites (N-methyl/N-ethyl adjacent to an activating group) is 1. The van der Waals surface area contributed by atoms with E-state index in [9.17, 15) is 14.4 Å². The van der Waals surface area contributed by atoms with E-state index >= 15 is 0 Å². The molecular weight excluding hydrogens is 404 g/mol. The van der Waals surface area contributed by atoms with E-state index in [4.69, 9.17) is 4.74 Å². The molecule has 2 atom stereocenters. The number of fused-ring (bicyclic) bond motifs is 1. The minimum absolute atomic E-state index is 0.0689. The Bertz CT molecular complexity index is 970. The van der Waals surface area contributed by atoms with Crippen molar-refractivity contribution < 1.29 is 19.1 Å². The largest absolute Gasteiger partial charge is 0.460 e. The van der Waals surface area contributed by atoms with Gasteiger partial charge in [0.05, 0.1) is 12.3 Å². The lowest BCUT2D eigenvalue weighted by atomic mass is 9.85.